The van der Waals surface area contributed by atoms with Crippen molar-refractivity contribution in [2.45, 2.75) is 62.7 Å². The van der Waals surface area contributed by atoms with Crippen LogP contribution in [0.1, 0.15) is 90.8 Å². The monoisotopic (exact) mass is 1000 g/mol. The van der Waals surface area contributed by atoms with Gasteiger partial charge < -0.3 is 9.80 Å². The number of fused-ring (bicyclic) bond motifs is 13. The van der Waals surface area contributed by atoms with Crippen LogP contribution in [-0.4, -0.2) is 0 Å². The highest BCUT2D eigenvalue weighted by Gasteiger charge is 2.53. The van der Waals surface area contributed by atoms with Crippen LogP contribution in [0.25, 0.3) is 55.6 Å². The molecule has 1 unspecified atom stereocenters. The van der Waals surface area contributed by atoms with Crippen molar-refractivity contribution >= 4 is 34.1 Å². The van der Waals surface area contributed by atoms with Crippen molar-refractivity contribution in [2.75, 3.05) is 9.80 Å². The van der Waals surface area contributed by atoms with Gasteiger partial charge in [-0.15, -0.1) is 0 Å². The van der Waals surface area contributed by atoms with E-state index in [0.29, 0.717) is 5.92 Å². The summed E-state index contributed by atoms with van der Waals surface area (Å²) >= 11 is 0. The molecule has 0 radical (unpaired) electrons. The molecule has 4 aliphatic carbocycles. The Hall–Kier alpha value is -8.98. The fraction of sp³-hybridized carbons (Fsp3) is 0.132. The highest BCUT2D eigenvalue weighted by atomic mass is 15.1. The zero-order chi connectivity index (χ0) is 52.0. The minimum absolute atomic E-state index is 0.0965. The molecule has 1 saturated carbocycles. The van der Waals surface area contributed by atoms with Gasteiger partial charge in [-0.2, -0.15) is 0 Å². The zero-order valence-electron chi connectivity index (χ0n) is 44.3. The maximum absolute atomic E-state index is 2.57. The molecule has 0 bridgehead atoms. The number of hydrogen-bond acceptors (Lipinski definition) is 2. The number of para-hydroxylation sites is 3. The average Bonchev–Trinajstić information content (AvgIpc) is 4.24. The highest BCUT2D eigenvalue weighted by Crippen LogP contribution is 2.66. The first-order valence-electron chi connectivity index (χ1n) is 28.2. The Bertz CT molecular complexity index is 4040. The lowest BCUT2D eigenvalue weighted by Gasteiger charge is -2.34. The van der Waals surface area contributed by atoms with Crippen molar-refractivity contribution in [1.29, 1.82) is 0 Å². The van der Waals surface area contributed by atoms with Crippen LogP contribution < -0.4 is 9.80 Å². The number of benzene rings is 11. The standard InChI is InChI=1S/C76H60N2/c1-75(2)67-36-20-18-33-61(67)65-47-58(44-46-68(65)75)77(55-27-12-5-13-28-55)59-43-45-63-71(48-59)76(70-38-22-35-60(74(63)70)54-41-39-52(40-42-54)51-23-8-3-9-24-51)69-37-21-19-34-62(69)66-49-64(53-25-10-4-11-26-53)73(50-72(66)76)78(56-29-14-6-15-30-56)57-31-16-7-17-32-57/h4-7,10-22,25-51H,3,8-9,23-24H2,1-2H3. The number of hydrogen-bond donors (Lipinski definition) is 0. The molecule has 0 heterocycles. The fourth-order valence-corrected chi connectivity index (χ4v) is 14.5. The van der Waals surface area contributed by atoms with Crippen molar-refractivity contribution < 1.29 is 0 Å². The van der Waals surface area contributed by atoms with Crippen LogP contribution in [0.15, 0.2) is 261 Å². The fourth-order valence-electron chi connectivity index (χ4n) is 14.5. The van der Waals surface area contributed by atoms with Crippen LogP contribution in [0.4, 0.5) is 34.1 Å². The van der Waals surface area contributed by atoms with E-state index in [2.05, 4.69) is 285 Å². The van der Waals surface area contributed by atoms with Crippen molar-refractivity contribution in [1.82, 2.24) is 0 Å². The first kappa shape index (κ1) is 46.3. The van der Waals surface area contributed by atoms with Crippen molar-refractivity contribution in [2.24, 2.45) is 0 Å². The van der Waals surface area contributed by atoms with Crippen LogP contribution in [0.2, 0.25) is 0 Å². The molecular formula is C76H60N2. The van der Waals surface area contributed by atoms with Gasteiger partial charge in [0, 0.05) is 39.4 Å². The predicted molar refractivity (Wildman–Crippen MR) is 326 cm³/mol. The molecule has 11 aromatic rings. The van der Waals surface area contributed by atoms with Gasteiger partial charge in [-0.1, -0.05) is 221 Å². The second-order valence-electron chi connectivity index (χ2n) is 22.6. The van der Waals surface area contributed by atoms with E-state index < -0.39 is 5.41 Å². The molecule has 0 aliphatic heterocycles. The summed E-state index contributed by atoms with van der Waals surface area (Å²) in [5.41, 5.74) is 28.1. The lowest BCUT2D eigenvalue weighted by Crippen LogP contribution is -2.26. The Balaban J connectivity index is 1.02. The van der Waals surface area contributed by atoms with Crippen LogP contribution in [0, 0.1) is 0 Å². The third kappa shape index (κ3) is 7.09. The number of anilines is 6. The topological polar surface area (TPSA) is 6.48 Å². The third-order valence-electron chi connectivity index (χ3n) is 18.1. The van der Waals surface area contributed by atoms with Gasteiger partial charge in [0.2, 0.25) is 0 Å². The lowest BCUT2D eigenvalue weighted by molar-refractivity contribution is 0.443. The number of nitrogens with zero attached hydrogens (tertiary/aromatic N) is 2. The van der Waals surface area contributed by atoms with E-state index >= 15 is 0 Å². The molecule has 2 nitrogen and oxygen atoms in total. The summed E-state index contributed by atoms with van der Waals surface area (Å²) in [7, 11) is 0. The van der Waals surface area contributed by atoms with E-state index in [-0.39, 0.29) is 5.41 Å². The highest BCUT2D eigenvalue weighted by molar-refractivity contribution is 6.03. The van der Waals surface area contributed by atoms with Crippen LogP contribution in [0.3, 0.4) is 0 Å². The first-order valence-corrected chi connectivity index (χ1v) is 28.2. The third-order valence-corrected chi connectivity index (χ3v) is 18.1. The van der Waals surface area contributed by atoms with Gasteiger partial charge in [0.1, 0.15) is 0 Å². The molecule has 0 saturated heterocycles. The largest absolute Gasteiger partial charge is 0.310 e. The van der Waals surface area contributed by atoms with E-state index in [1.807, 2.05) is 0 Å². The molecular weight excluding hydrogens is 941 g/mol. The summed E-state index contributed by atoms with van der Waals surface area (Å²) in [4.78, 5) is 4.97. The Labute approximate surface area is 459 Å². The Morgan fingerprint density at radius 1 is 0.308 bits per heavy atom. The summed E-state index contributed by atoms with van der Waals surface area (Å²) in [5.74, 6) is 0.643. The first-order chi connectivity index (χ1) is 38.5. The normalized spacial score (nSPS) is 16.2. The Kier molecular flexibility index (Phi) is 10.9. The Morgan fingerprint density at radius 3 is 1.49 bits per heavy atom. The molecule has 1 atom stereocenters. The molecule has 0 N–H and O–H groups in total. The van der Waals surface area contributed by atoms with Crippen LogP contribution in [-0.2, 0) is 10.8 Å². The molecule has 2 heteroatoms. The van der Waals surface area contributed by atoms with E-state index in [0.717, 1.165) is 34.1 Å². The van der Waals surface area contributed by atoms with Crippen molar-refractivity contribution in [3.63, 3.8) is 0 Å². The van der Waals surface area contributed by atoms with Gasteiger partial charge in [0.05, 0.1) is 11.1 Å². The second-order valence-corrected chi connectivity index (χ2v) is 22.6. The molecule has 11 aromatic carbocycles. The minimum Gasteiger partial charge on any atom is -0.310 e. The SMILES string of the molecule is CC1(C)c2ccccc2-c2cc(N(c3ccccc3)c3ccc4c(c3)C3(c5ccccc5-c5cc(-c6ccccc6)c(N(c6ccccc6)c6ccccc6)cc53)c3cccc(-c5ccc(C6CCCCC6)cc5)c3-4)ccc21. The van der Waals surface area contributed by atoms with Gasteiger partial charge in [0.25, 0.3) is 0 Å². The summed E-state index contributed by atoms with van der Waals surface area (Å²) in [6.07, 6.45) is 6.58. The molecule has 1 spiro atoms. The average molecular weight is 1000 g/mol. The summed E-state index contributed by atoms with van der Waals surface area (Å²) in [6.45, 7) is 4.74. The zero-order valence-corrected chi connectivity index (χ0v) is 44.3. The molecule has 1 fully saturated rings. The van der Waals surface area contributed by atoms with E-state index in [9.17, 15) is 0 Å². The predicted octanol–water partition coefficient (Wildman–Crippen LogP) is 20.7. The smallest absolute Gasteiger partial charge is 0.0727 e. The lowest BCUT2D eigenvalue weighted by atomic mass is 9.70. The molecule has 374 valence electrons. The van der Waals surface area contributed by atoms with Gasteiger partial charge in [-0.25, -0.2) is 0 Å². The second kappa shape index (κ2) is 18.4. The summed E-state index contributed by atoms with van der Waals surface area (Å²) in [6, 6.07) is 98.7. The van der Waals surface area contributed by atoms with Gasteiger partial charge in [0.15, 0.2) is 0 Å². The van der Waals surface area contributed by atoms with Crippen molar-refractivity contribution in [3.05, 3.63) is 300 Å². The van der Waals surface area contributed by atoms with Gasteiger partial charge in [-0.05, 0) is 181 Å². The van der Waals surface area contributed by atoms with Crippen LogP contribution >= 0.6 is 0 Å². The minimum atomic E-state index is -0.684. The van der Waals surface area contributed by atoms with Crippen LogP contribution in [0.5, 0.6) is 0 Å². The Morgan fingerprint density at radius 2 is 0.808 bits per heavy atom. The molecule has 0 aromatic heterocycles. The van der Waals surface area contributed by atoms with E-state index in [4.69, 9.17) is 0 Å². The van der Waals surface area contributed by atoms with Crippen molar-refractivity contribution in [3.8, 4) is 55.6 Å². The number of rotatable bonds is 9. The van der Waals surface area contributed by atoms with E-state index in [1.165, 1.54) is 127 Å². The van der Waals surface area contributed by atoms with Gasteiger partial charge >= 0.3 is 0 Å². The summed E-state index contributed by atoms with van der Waals surface area (Å²) in [5, 5.41) is 0. The molecule has 78 heavy (non-hydrogen) atoms. The maximum atomic E-state index is 2.57. The molecule has 0 amide bonds. The maximum Gasteiger partial charge on any atom is 0.0727 e. The summed E-state index contributed by atoms with van der Waals surface area (Å²) < 4.78 is 0. The van der Waals surface area contributed by atoms with Gasteiger partial charge in [-0.3, -0.25) is 0 Å². The molecule has 15 rings (SSSR count). The van der Waals surface area contributed by atoms with E-state index in [1.54, 1.807) is 0 Å². The molecule has 4 aliphatic rings. The quantitative estimate of drug-likeness (QED) is 0.142.